The molecule has 0 aromatic heterocycles. The minimum atomic E-state index is -3.80. The van der Waals surface area contributed by atoms with E-state index in [1.807, 2.05) is 4.90 Å². The van der Waals surface area contributed by atoms with Crippen LogP contribution in [0.2, 0.25) is 0 Å². The number of nitrogens with two attached hydrogens (primary N) is 1. The van der Waals surface area contributed by atoms with Gasteiger partial charge in [-0.2, -0.15) is 0 Å². The topological polar surface area (TPSA) is 92.5 Å². The Hall–Kier alpha value is -2.16. The Kier molecular flexibility index (Phi) is 7.40. The van der Waals surface area contributed by atoms with Crippen molar-refractivity contribution >= 4 is 34.0 Å². The number of nitrogens with one attached hydrogen (secondary N) is 1. The molecule has 152 valence electrons. The number of benzene rings is 2. The molecule has 1 heterocycles. The highest BCUT2D eigenvalue weighted by molar-refractivity contribution is 7.92. The zero-order valence-electron chi connectivity index (χ0n) is 15.2. The highest BCUT2D eigenvalue weighted by Gasteiger charge is 2.27. The number of halogens is 2. The normalized spacial score (nSPS) is 16.5. The van der Waals surface area contributed by atoms with Gasteiger partial charge in [0.25, 0.3) is 10.0 Å². The van der Waals surface area contributed by atoms with E-state index in [0.29, 0.717) is 12.2 Å². The summed E-state index contributed by atoms with van der Waals surface area (Å²) in [5.74, 6) is -0.472. The molecule has 3 rings (SSSR count). The zero-order valence-corrected chi connectivity index (χ0v) is 16.8. The summed E-state index contributed by atoms with van der Waals surface area (Å²) in [6.07, 6.45) is 2.16. The minimum absolute atomic E-state index is 0. The third-order valence-electron chi connectivity index (χ3n) is 4.65. The molecule has 0 saturated carbocycles. The lowest BCUT2D eigenvalue weighted by Crippen LogP contribution is -2.40. The number of anilines is 1. The van der Waals surface area contributed by atoms with Gasteiger partial charge < -0.3 is 10.6 Å². The quantitative estimate of drug-likeness (QED) is 0.740. The Morgan fingerprint density at radius 1 is 1.14 bits per heavy atom. The van der Waals surface area contributed by atoms with Crippen LogP contribution in [0, 0.1) is 5.82 Å². The predicted octanol–water partition coefficient (Wildman–Crippen LogP) is 2.54. The number of likely N-dealkylation sites (tertiary alicyclic amines) is 1. The second kappa shape index (κ2) is 9.36. The second-order valence-electron chi connectivity index (χ2n) is 6.55. The zero-order chi connectivity index (χ0) is 19.4. The van der Waals surface area contributed by atoms with Gasteiger partial charge in [-0.15, -0.1) is 12.4 Å². The van der Waals surface area contributed by atoms with Crippen LogP contribution in [0.1, 0.15) is 18.4 Å². The van der Waals surface area contributed by atoms with Gasteiger partial charge in [0.2, 0.25) is 5.91 Å². The number of carbonyl (C=O) groups is 1. The third kappa shape index (κ3) is 5.21. The maximum absolute atomic E-state index is 13.0. The predicted molar refractivity (Wildman–Crippen MR) is 108 cm³/mol. The lowest BCUT2D eigenvalue weighted by atomic mass is 10.1. The lowest BCUT2D eigenvalue weighted by molar-refractivity contribution is -0.131. The van der Waals surface area contributed by atoms with E-state index in [2.05, 4.69) is 4.72 Å². The van der Waals surface area contributed by atoms with E-state index in [1.165, 1.54) is 12.1 Å². The number of hydrogen-bond donors (Lipinski definition) is 2. The molecule has 1 unspecified atom stereocenters. The van der Waals surface area contributed by atoms with E-state index in [-0.39, 0.29) is 35.7 Å². The summed E-state index contributed by atoms with van der Waals surface area (Å²) >= 11 is 0. The van der Waals surface area contributed by atoms with Crippen molar-refractivity contribution in [2.24, 2.45) is 5.73 Å². The first-order valence-corrected chi connectivity index (χ1v) is 10.2. The van der Waals surface area contributed by atoms with Gasteiger partial charge >= 0.3 is 0 Å². The Balaban J connectivity index is 0.00000280. The van der Waals surface area contributed by atoms with Gasteiger partial charge in [0.1, 0.15) is 5.82 Å². The van der Waals surface area contributed by atoms with Crippen LogP contribution in [-0.4, -0.2) is 38.4 Å². The van der Waals surface area contributed by atoms with Gasteiger partial charge in [0.15, 0.2) is 0 Å². The van der Waals surface area contributed by atoms with Crippen molar-refractivity contribution < 1.29 is 17.6 Å². The number of nitrogens with zero attached hydrogens (tertiary/aromatic N) is 1. The first-order valence-electron chi connectivity index (χ1n) is 8.76. The Labute approximate surface area is 170 Å². The molecule has 9 heteroatoms. The molecule has 2 aromatic rings. The van der Waals surface area contributed by atoms with Crippen molar-refractivity contribution in [2.45, 2.75) is 30.2 Å². The summed E-state index contributed by atoms with van der Waals surface area (Å²) in [4.78, 5) is 14.2. The summed E-state index contributed by atoms with van der Waals surface area (Å²) in [5.41, 5.74) is 6.88. The molecule has 0 radical (unpaired) electrons. The Morgan fingerprint density at radius 3 is 2.39 bits per heavy atom. The molecular weight excluding hydrogens is 405 g/mol. The SMILES string of the molecule is Cl.NCC1CCCN1C(=O)Cc1ccc(NS(=O)(=O)c2ccc(F)cc2)cc1. The number of rotatable bonds is 6. The van der Waals surface area contributed by atoms with Crippen LogP contribution in [0.25, 0.3) is 0 Å². The van der Waals surface area contributed by atoms with E-state index in [9.17, 15) is 17.6 Å². The summed E-state index contributed by atoms with van der Waals surface area (Å²) < 4.78 is 40.0. The van der Waals surface area contributed by atoms with Gasteiger partial charge in [-0.25, -0.2) is 12.8 Å². The average Bonchev–Trinajstić information content (AvgIpc) is 3.12. The first-order chi connectivity index (χ1) is 12.9. The van der Waals surface area contributed by atoms with Gasteiger partial charge in [0.05, 0.1) is 11.3 Å². The third-order valence-corrected chi connectivity index (χ3v) is 6.05. The molecule has 0 bridgehead atoms. The number of sulfonamides is 1. The van der Waals surface area contributed by atoms with Gasteiger partial charge in [-0.3, -0.25) is 9.52 Å². The number of hydrogen-bond acceptors (Lipinski definition) is 4. The molecule has 0 aliphatic carbocycles. The molecular formula is C19H23ClFN3O3S. The molecule has 1 atom stereocenters. The van der Waals surface area contributed by atoms with Crippen molar-refractivity contribution in [2.75, 3.05) is 17.8 Å². The maximum atomic E-state index is 13.0. The fraction of sp³-hybridized carbons (Fsp3) is 0.316. The van der Waals surface area contributed by atoms with Crippen molar-refractivity contribution in [3.05, 3.63) is 59.9 Å². The fourth-order valence-electron chi connectivity index (χ4n) is 3.20. The first kappa shape index (κ1) is 22.1. The summed E-state index contributed by atoms with van der Waals surface area (Å²) in [7, 11) is -3.80. The Morgan fingerprint density at radius 2 is 1.79 bits per heavy atom. The largest absolute Gasteiger partial charge is 0.338 e. The molecule has 3 N–H and O–H groups in total. The van der Waals surface area contributed by atoms with Crippen molar-refractivity contribution in [1.82, 2.24) is 4.90 Å². The summed E-state index contributed by atoms with van der Waals surface area (Å²) in [5, 5.41) is 0. The van der Waals surface area contributed by atoms with Crippen LogP contribution in [0.4, 0.5) is 10.1 Å². The van der Waals surface area contributed by atoms with E-state index >= 15 is 0 Å². The van der Waals surface area contributed by atoms with Crippen LogP contribution in [0.15, 0.2) is 53.4 Å². The van der Waals surface area contributed by atoms with Gasteiger partial charge in [0, 0.05) is 24.8 Å². The standard InChI is InChI=1S/C19H22FN3O3S.ClH/c20-15-5-9-18(10-6-15)27(25,26)22-16-7-3-14(4-8-16)12-19(24)23-11-1-2-17(23)13-21;/h3-10,17,22H,1-2,11-13,21H2;1H. The van der Waals surface area contributed by atoms with E-state index in [1.54, 1.807) is 24.3 Å². The van der Waals surface area contributed by atoms with Crippen LogP contribution in [0.5, 0.6) is 0 Å². The van der Waals surface area contributed by atoms with Crippen LogP contribution < -0.4 is 10.5 Å². The number of amides is 1. The molecule has 1 saturated heterocycles. The molecule has 1 aliphatic rings. The molecule has 2 aromatic carbocycles. The second-order valence-corrected chi connectivity index (χ2v) is 8.23. The monoisotopic (exact) mass is 427 g/mol. The molecule has 0 spiro atoms. The highest BCUT2D eigenvalue weighted by atomic mass is 35.5. The number of carbonyl (C=O) groups excluding carboxylic acids is 1. The molecule has 6 nitrogen and oxygen atoms in total. The van der Waals surface area contributed by atoms with Crippen LogP contribution >= 0.6 is 12.4 Å². The Bertz CT molecular complexity index is 905. The van der Waals surface area contributed by atoms with Crippen molar-refractivity contribution in [3.8, 4) is 0 Å². The van der Waals surface area contributed by atoms with Crippen molar-refractivity contribution in [1.29, 1.82) is 0 Å². The average molecular weight is 428 g/mol. The minimum Gasteiger partial charge on any atom is -0.338 e. The van der Waals surface area contributed by atoms with E-state index < -0.39 is 15.8 Å². The maximum Gasteiger partial charge on any atom is 0.261 e. The van der Waals surface area contributed by atoms with Crippen LogP contribution in [-0.2, 0) is 21.2 Å². The molecule has 1 fully saturated rings. The molecule has 1 amide bonds. The lowest BCUT2D eigenvalue weighted by Gasteiger charge is -2.23. The van der Waals surface area contributed by atoms with E-state index in [0.717, 1.165) is 37.1 Å². The van der Waals surface area contributed by atoms with Crippen LogP contribution in [0.3, 0.4) is 0 Å². The highest BCUT2D eigenvalue weighted by Crippen LogP contribution is 2.20. The van der Waals surface area contributed by atoms with Gasteiger partial charge in [-0.1, -0.05) is 12.1 Å². The fourth-order valence-corrected chi connectivity index (χ4v) is 4.26. The van der Waals surface area contributed by atoms with Crippen molar-refractivity contribution in [3.63, 3.8) is 0 Å². The summed E-state index contributed by atoms with van der Waals surface area (Å²) in [6, 6.07) is 11.3. The molecule has 1 aliphatic heterocycles. The summed E-state index contributed by atoms with van der Waals surface area (Å²) in [6.45, 7) is 1.20. The smallest absolute Gasteiger partial charge is 0.261 e. The van der Waals surface area contributed by atoms with Gasteiger partial charge in [-0.05, 0) is 54.8 Å². The molecule has 28 heavy (non-hydrogen) atoms. The van der Waals surface area contributed by atoms with E-state index in [4.69, 9.17) is 5.73 Å².